The Bertz CT molecular complexity index is 401. The van der Waals surface area contributed by atoms with Gasteiger partial charge in [0, 0.05) is 4.90 Å². The summed E-state index contributed by atoms with van der Waals surface area (Å²) in [4.78, 5) is -0.236. The molecule has 0 saturated carbocycles. The molecule has 0 unspecified atom stereocenters. The van der Waals surface area contributed by atoms with Crippen molar-refractivity contribution < 1.29 is 47.6 Å². The van der Waals surface area contributed by atoms with E-state index in [0.29, 0.717) is 0 Å². The van der Waals surface area contributed by atoms with Crippen LogP contribution in [0, 0.1) is 0 Å². The van der Waals surface area contributed by atoms with Crippen LogP contribution in [0.15, 0.2) is 28.0 Å². The second-order valence-electron chi connectivity index (χ2n) is 2.10. The van der Waals surface area contributed by atoms with Crippen molar-refractivity contribution >= 4 is 22.7 Å². The van der Waals surface area contributed by atoms with Crippen LogP contribution in [0.5, 0.6) is 5.75 Å². The van der Waals surface area contributed by atoms with Crippen molar-refractivity contribution in [3.05, 3.63) is 18.2 Å². The molecule has 0 aromatic heterocycles. The summed E-state index contributed by atoms with van der Waals surface area (Å²) < 4.78 is 31.2. The van der Waals surface area contributed by atoms with Gasteiger partial charge in [0.15, 0.2) is 0 Å². The molecule has 0 amide bonds. The number of rotatable bonds is 1. The van der Waals surface area contributed by atoms with Crippen LogP contribution < -0.4 is 29.6 Å². The van der Waals surface area contributed by atoms with Gasteiger partial charge in [-0.1, -0.05) is 0 Å². The first-order chi connectivity index (χ1) is 5.41. The molecular weight excluding hydrogens is 223 g/mol. The number of phenols is 1. The van der Waals surface area contributed by atoms with Crippen LogP contribution in [0.25, 0.3) is 0 Å². The van der Waals surface area contributed by atoms with Crippen LogP contribution in [0.3, 0.4) is 0 Å². The first-order valence-electron chi connectivity index (χ1n) is 2.89. The molecule has 0 atom stereocenters. The summed E-state index contributed by atoms with van der Waals surface area (Å²) in [6, 6.07) is 3.19. The first kappa shape index (κ1) is 13.3. The van der Waals surface area contributed by atoms with E-state index in [1.54, 1.807) is 0 Å². The summed E-state index contributed by atoms with van der Waals surface area (Å²) in [5.41, 5.74) is 0. The van der Waals surface area contributed by atoms with Gasteiger partial charge in [-0.25, -0.2) is 8.42 Å². The molecule has 7 heteroatoms. The Balaban J connectivity index is 0.00000144. The molecule has 0 radical (unpaired) electrons. The number of hydrogen-bond acceptors (Lipinski definition) is 5. The average Bonchev–Trinajstić information content (AvgIpc) is 1.92. The van der Waals surface area contributed by atoms with Gasteiger partial charge in [-0.15, -0.1) is 12.6 Å². The van der Waals surface area contributed by atoms with Gasteiger partial charge in [0.25, 0.3) is 0 Å². The molecule has 0 fully saturated rings. The maximum absolute atomic E-state index is 10.4. The van der Waals surface area contributed by atoms with E-state index in [1.165, 1.54) is 6.07 Å². The SMILES string of the molecule is O=S(=O)([O-])c1ccc(S)c(O)c1.[Na+]. The van der Waals surface area contributed by atoms with Crippen molar-refractivity contribution in [2.45, 2.75) is 9.79 Å². The fourth-order valence-corrected chi connectivity index (χ4v) is 1.29. The molecule has 66 valence electrons. The monoisotopic (exact) mass is 228 g/mol. The minimum absolute atomic E-state index is 0. The Kier molecular flexibility index (Phi) is 4.78. The molecule has 13 heavy (non-hydrogen) atoms. The van der Waals surface area contributed by atoms with Crippen molar-refractivity contribution in [1.82, 2.24) is 0 Å². The van der Waals surface area contributed by atoms with Gasteiger partial charge >= 0.3 is 29.6 Å². The first-order valence-corrected chi connectivity index (χ1v) is 4.74. The zero-order chi connectivity index (χ0) is 9.35. The van der Waals surface area contributed by atoms with Crippen LogP contribution in [-0.4, -0.2) is 18.1 Å². The van der Waals surface area contributed by atoms with Crippen LogP contribution in [-0.2, 0) is 10.1 Å². The van der Waals surface area contributed by atoms with Crippen LogP contribution in [0.4, 0.5) is 0 Å². The average molecular weight is 228 g/mol. The molecule has 0 aliphatic rings. The van der Waals surface area contributed by atoms with E-state index in [1.807, 2.05) is 0 Å². The third-order valence-corrected chi connectivity index (χ3v) is 2.45. The summed E-state index contributed by atoms with van der Waals surface area (Å²) in [7, 11) is -4.49. The smallest absolute Gasteiger partial charge is 0.744 e. The molecule has 1 aromatic rings. The van der Waals surface area contributed by atoms with E-state index in [-0.39, 0.29) is 40.2 Å². The Hall–Kier alpha value is 0.280. The summed E-state index contributed by atoms with van der Waals surface area (Å²) in [6.07, 6.45) is 0. The Morgan fingerprint density at radius 3 is 2.31 bits per heavy atom. The second kappa shape index (κ2) is 4.68. The van der Waals surface area contributed by atoms with Crippen LogP contribution in [0.2, 0.25) is 0 Å². The van der Waals surface area contributed by atoms with Gasteiger partial charge in [-0.3, -0.25) is 0 Å². The maximum atomic E-state index is 10.4. The molecule has 0 aliphatic heterocycles. The number of phenolic OH excluding ortho intramolecular Hbond substituents is 1. The summed E-state index contributed by atoms with van der Waals surface area (Å²) in [5.74, 6) is -0.324. The Morgan fingerprint density at radius 2 is 1.92 bits per heavy atom. The quantitative estimate of drug-likeness (QED) is 0.319. The molecule has 0 aliphatic carbocycles. The predicted octanol–water partition coefficient (Wildman–Crippen LogP) is -2.41. The molecule has 0 bridgehead atoms. The van der Waals surface area contributed by atoms with Gasteiger partial charge < -0.3 is 9.66 Å². The molecule has 1 aromatic carbocycles. The third kappa shape index (κ3) is 3.49. The van der Waals surface area contributed by atoms with E-state index in [9.17, 15) is 13.0 Å². The molecule has 1 N–H and O–H groups in total. The van der Waals surface area contributed by atoms with Crippen molar-refractivity contribution in [3.63, 3.8) is 0 Å². The van der Waals surface area contributed by atoms with Gasteiger partial charge in [-0.05, 0) is 18.2 Å². The molecule has 4 nitrogen and oxygen atoms in total. The minimum atomic E-state index is -4.49. The number of aromatic hydroxyl groups is 1. The van der Waals surface area contributed by atoms with Gasteiger partial charge in [0.2, 0.25) is 0 Å². The number of benzene rings is 1. The topological polar surface area (TPSA) is 77.4 Å². The minimum Gasteiger partial charge on any atom is -0.744 e. The fourth-order valence-electron chi connectivity index (χ4n) is 0.659. The number of thiol groups is 1. The normalized spacial score (nSPS) is 10.6. The van der Waals surface area contributed by atoms with E-state index in [2.05, 4.69) is 12.6 Å². The molecule has 0 heterocycles. The summed E-state index contributed by atoms with van der Waals surface area (Å²) in [5, 5.41) is 8.98. The van der Waals surface area contributed by atoms with E-state index >= 15 is 0 Å². The maximum Gasteiger partial charge on any atom is 1.00 e. The van der Waals surface area contributed by atoms with Crippen LogP contribution >= 0.6 is 12.6 Å². The van der Waals surface area contributed by atoms with Crippen molar-refractivity contribution in [2.75, 3.05) is 0 Å². The van der Waals surface area contributed by atoms with E-state index in [0.717, 1.165) is 12.1 Å². The Labute approximate surface area is 103 Å². The largest absolute Gasteiger partial charge is 1.00 e. The summed E-state index contributed by atoms with van der Waals surface area (Å²) in [6.45, 7) is 0. The standard InChI is InChI=1S/C6H6O4S2.Na/c7-5-3-4(12(8,9)10)1-2-6(5)11;/h1-3,7,11H,(H,8,9,10);/q;+1/p-1. The predicted molar refractivity (Wildman–Crippen MR) is 43.3 cm³/mol. The Morgan fingerprint density at radius 1 is 1.38 bits per heavy atom. The molecule has 0 spiro atoms. The zero-order valence-electron chi connectivity index (χ0n) is 6.76. The fraction of sp³-hybridized carbons (Fsp3) is 0. The summed E-state index contributed by atoms with van der Waals surface area (Å²) >= 11 is 3.79. The van der Waals surface area contributed by atoms with Crippen molar-refractivity contribution in [2.24, 2.45) is 0 Å². The molecular formula is C6H5NaO4S2. The van der Waals surface area contributed by atoms with Gasteiger partial charge in [0.1, 0.15) is 15.9 Å². The zero-order valence-corrected chi connectivity index (χ0v) is 10.5. The van der Waals surface area contributed by atoms with Crippen LogP contribution in [0.1, 0.15) is 0 Å². The van der Waals surface area contributed by atoms with Gasteiger partial charge in [0.05, 0.1) is 4.90 Å². The molecule has 1 rings (SSSR count). The molecule has 0 saturated heterocycles. The van der Waals surface area contributed by atoms with Gasteiger partial charge in [-0.2, -0.15) is 0 Å². The number of hydrogen-bond donors (Lipinski definition) is 2. The van der Waals surface area contributed by atoms with Crippen molar-refractivity contribution in [1.29, 1.82) is 0 Å². The van der Waals surface area contributed by atoms with Crippen molar-refractivity contribution in [3.8, 4) is 5.75 Å². The van der Waals surface area contributed by atoms with E-state index in [4.69, 9.17) is 5.11 Å². The van der Waals surface area contributed by atoms with E-state index < -0.39 is 15.0 Å². The third-order valence-electron chi connectivity index (χ3n) is 1.24. The second-order valence-corrected chi connectivity index (χ2v) is 3.97.